The van der Waals surface area contributed by atoms with Gasteiger partial charge in [-0.05, 0) is 31.2 Å². The number of carbonyl (C=O) groups excluding carboxylic acids is 1. The Hall–Kier alpha value is -2.93. The van der Waals surface area contributed by atoms with Crippen molar-refractivity contribution in [2.45, 2.75) is 25.4 Å². The predicted octanol–water partition coefficient (Wildman–Crippen LogP) is 1.82. The molecule has 1 aromatic carbocycles. The Labute approximate surface area is 145 Å². The van der Waals surface area contributed by atoms with Gasteiger partial charge in [0.15, 0.2) is 0 Å². The van der Waals surface area contributed by atoms with Gasteiger partial charge in [-0.15, -0.1) is 10.2 Å². The monoisotopic (exact) mass is 340 g/mol. The molecule has 130 valence electrons. The molecule has 0 saturated carbocycles. The molecule has 0 aliphatic rings. The summed E-state index contributed by atoms with van der Waals surface area (Å²) >= 11 is 0. The fourth-order valence-corrected chi connectivity index (χ4v) is 2.49. The molecule has 2 heterocycles. The Morgan fingerprint density at radius 2 is 2.08 bits per heavy atom. The zero-order chi connectivity index (χ0) is 17.7. The first-order chi connectivity index (χ1) is 12.1. The molecule has 0 bridgehead atoms. The van der Waals surface area contributed by atoms with Crippen molar-refractivity contribution in [3.05, 3.63) is 66.6 Å². The Morgan fingerprint density at radius 3 is 2.80 bits per heavy atom. The van der Waals surface area contributed by atoms with E-state index in [2.05, 4.69) is 15.5 Å². The average molecular weight is 340 g/mol. The number of nitrogens with zero attached hydrogens (tertiary/aromatic N) is 3. The van der Waals surface area contributed by atoms with Crippen molar-refractivity contribution in [2.75, 3.05) is 6.54 Å². The molecule has 2 aromatic heterocycles. The smallest absolute Gasteiger partial charge is 0.220 e. The van der Waals surface area contributed by atoms with Crippen LogP contribution in [-0.2, 0) is 16.8 Å². The van der Waals surface area contributed by atoms with Crippen LogP contribution in [0.2, 0.25) is 0 Å². The molecule has 1 amide bonds. The third kappa shape index (κ3) is 4.13. The lowest BCUT2D eigenvalue weighted by molar-refractivity contribution is -0.122. The highest BCUT2D eigenvalue weighted by Crippen LogP contribution is 2.19. The van der Waals surface area contributed by atoms with Gasteiger partial charge >= 0.3 is 0 Å². The van der Waals surface area contributed by atoms with Crippen LogP contribution in [0.4, 0.5) is 0 Å². The number of benzene rings is 1. The number of aromatic nitrogens is 3. The molecule has 0 saturated heterocycles. The molecule has 0 fully saturated rings. The summed E-state index contributed by atoms with van der Waals surface area (Å²) in [6.07, 6.45) is 3.82. The maximum absolute atomic E-state index is 12.1. The standard InChI is InChI=1S/C18H20N4O3/c1-18(24,15-8-5-11-25-15)12-19-17(23)10-9-16-21-20-13-22(16)14-6-3-2-4-7-14/h2-8,11,13,24H,9-10,12H2,1H3,(H,19,23). The van der Waals surface area contributed by atoms with E-state index in [9.17, 15) is 9.90 Å². The molecular formula is C18H20N4O3. The fourth-order valence-electron chi connectivity index (χ4n) is 2.49. The number of carbonyl (C=O) groups is 1. The predicted molar refractivity (Wildman–Crippen MR) is 91.0 cm³/mol. The first-order valence-corrected chi connectivity index (χ1v) is 8.04. The lowest BCUT2D eigenvalue weighted by Gasteiger charge is -2.21. The third-order valence-corrected chi connectivity index (χ3v) is 3.91. The zero-order valence-electron chi connectivity index (χ0n) is 13.9. The molecule has 1 unspecified atom stereocenters. The molecule has 1 atom stereocenters. The van der Waals surface area contributed by atoms with Crippen LogP contribution in [0.1, 0.15) is 24.9 Å². The first-order valence-electron chi connectivity index (χ1n) is 8.04. The van der Waals surface area contributed by atoms with Crippen molar-refractivity contribution < 1.29 is 14.3 Å². The van der Waals surface area contributed by atoms with Gasteiger partial charge in [0, 0.05) is 18.5 Å². The van der Waals surface area contributed by atoms with E-state index >= 15 is 0 Å². The quantitative estimate of drug-likeness (QED) is 0.684. The number of amides is 1. The summed E-state index contributed by atoms with van der Waals surface area (Å²) in [5.41, 5.74) is -0.299. The number of para-hydroxylation sites is 1. The molecule has 25 heavy (non-hydrogen) atoms. The van der Waals surface area contributed by atoms with Crippen LogP contribution >= 0.6 is 0 Å². The van der Waals surface area contributed by atoms with Gasteiger partial charge in [-0.3, -0.25) is 9.36 Å². The second-order valence-electron chi connectivity index (χ2n) is 5.98. The van der Waals surface area contributed by atoms with Gasteiger partial charge in [-0.25, -0.2) is 0 Å². The van der Waals surface area contributed by atoms with E-state index in [0.29, 0.717) is 18.0 Å². The van der Waals surface area contributed by atoms with E-state index in [4.69, 9.17) is 4.42 Å². The molecule has 3 aromatic rings. The lowest BCUT2D eigenvalue weighted by Crippen LogP contribution is -2.38. The van der Waals surface area contributed by atoms with Crippen LogP contribution in [0.25, 0.3) is 5.69 Å². The summed E-state index contributed by atoms with van der Waals surface area (Å²) < 4.78 is 7.04. The highest BCUT2D eigenvalue weighted by molar-refractivity contribution is 5.76. The van der Waals surface area contributed by atoms with Crippen LogP contribution in [0, 0.1) is 0 Å². The average Bonchev–Trinajstić information content (AvgIpc) is 3.30. The summed E-state index contributed by atoms with van der Waals surface area (Å²) in [4.78, 5) is 12.1. The summed E-state index contributed by atoms with van der Waals surface area (Å²) in [6.45, 7) is 1.67. The highest BCUT2D eigenvalue weighted by Gasteiger charge is 2.26. The number of rotatable bonds is 7. The second-order valence-corrected chi connectivity index (χ2v) is 5.98. The Balaban J connectivity index is 1.54. The minimum absolute atomic E-state index is 0.0741. The van der Waals surface area contributed by atoms with Gasteiger partial charge in [-0.2, -0.15) is 0 Å². The Morgan fingerprint density at radius 1 is 1.28 bits per heavy atom. The van der Waals surface area contributed by atoms with Crippen molar-refractivity contribution in [1.29, 1.82) is 0 Å². The highest BCUT2D eigenvalue weighted by atomic mass is 16.4. The number of hydrogen-bond acceptors (Lipinski definition) is 5. The van der Waals surface area contributed by atoms with Gasteiger partial charge in [0.2, 0.25) is 5.91 Å². The van der Waals surface area contributed by atoms with Crippen molar-refractivity contribution in [2.24, 2.45) is 0 Å². The van der Waals surface area contributed by atoms with Crippen LogP contribution in [0.3, 0.4) is 0 Å². The molecule has 7 heteroatoms. The van der Waals surface area contributed by atoms with Gasteiger partial charge in [0.05, 0.1) is 12.8 Å². The van der Waals surface area contributed by atoms with Crippen molar-refractivity contribution in [3.63, 3.8) is 0 Å². The normalized spacial score (nSPS) is 13.4. The van der Waals surface area contributed by atoms with Gasteiger partial charge in [0.1, 0.15) is 23.5 Å². The van der Waals surface area contributed by atoms with Crippen molar-refractivity contribution in [1.82, 2.24) is 20.1 Å². The molecule has 7 nitrogen and oxygen atoms in total. The SMILES string of the molecule is CC(O)(CNC(=O)CCc1nncn1-c1ccccc1)c1ccco1. The van der Waals surface area contributed by atoms with Gasteiger partial charge in [-0.1, -0.05) is 18.2 Å². The van der Waals surface area contributed by atoms with Crippen molar-refractivity contribution >= 4 is 5.91 Å². The summed E-state index contributed by atoms with van der Waals surface area (Å²) in [5.74, 6) is 0.949. The molecular weight excluding hydrogens is 320 g/mol. The first kappa shape index (κ1) is 16.9. The van der Waals surface area contributed by atoms with E-state index in [0.717, 1.165) is 5.69 Å². The third-order valence-electron chi connectivity index (χ3n) is 3.91. The Bertz CT molecular complexity index is 810. The topological polar surface area (TPSA) is 93.2 Å². The lowest BCUT2D eigenvalue weighted by atomic mass is 10.0. The minimum atomic E-state index is -1.25. The van der Waals surface area contributed by atoms with E-state index in [1.165, 1.54) is 6.26 Å². The zero-order valence-corrected chi connectivity index (χ0v) is 13.9. The molecule has 0 aliphatic heterocycles. The van der Waals surface area contributed by atoms with Gasteiger partial charge < -0.3 is 14.8 Å². The van der Waals surface area contributed by atoms with Crippen LogP contribution in [0.15, 0.2) is 59.5 Å². The maximum Gasteiger partial charge on any atom is 0.220 e. The molecule has 0 aliphatic carbocycles. The summed E-state index contributed by atoms with van der Waals surface area (Å²) in [6, 6.07) is 13.1. The fraction of sp³-hybridized carbons (Fsp3) is 0.278. The number of aryl methyl sites for hydroxylation is 1. The molecule has 3 rings (SSSR count). The summed E-state index contributed by atoms with van der Waals surface area (Å²) in [7, 11) is 0. The number of hydrogen-bond donors (Lipinski definition) is 2. The number of nitrogens with one attached hydrogen (secondary N) is 1. The molecule has 0 radical (unpaired) electrons. The largest absolute Gasteiger partial charge is 0.466 e. The van der Waals surface area contributed by atoms with Crippen LogP contribution < -0.4 is 5.32 Å². The number of aliphatic hydroxyl groups is 1. The van der Waals surface area contributed by atoms with E-state index in [1.807, 2.05) is 34.9 Å². The Kier molecular flexibility index (Phi) is 4.95. The maximum atomic E-state index is 12.1. The van der Waals surface area contributed by atoms with E-state index in [1.54, 1.807) is 25.4 Å². The van der Waals surface area contributed by atoms with E-state index in [-0.39, 0.29) is 18.9 Å². The summed E-state index contributed by atoms with van der Waals surface area (Å²) in [5, 5.41) is 21.1. The molecule has 2 N–H and O–H groups in total. The van der Waals surface area contributed by atoms with E-state index < -0.39 is 5.60 Å². The van der Waals surface area contributed by atoms with Gasteiger partial charge in [0.25, 0.3) is 0 Å². The van der Waals surface area contributed by atoms with Crippen LogP contribution in [0.5, 0.6) is 0 Å². The second kappa shape index (κ2) is 7.31. The van der Waals surface area contributed by atoms with Crippen LogP contribution in [-0.4, -0.2) is 32.3 Å². The van der Waals surface area contributed by atoms with Crippen molar-refractivity contribution in [3.8, 4) is 5.69 Å². The molecule has 0 spiro atoms. The number of furan rings is 1. The minimum Gasteiger partial charge on any atom is -0.466 e.